The van der Waals surface area contributed by atoms with E-state index in [-0.39, 0.29) is 5.91 Å². The molecule has 0 saturated carbocycles. The van der Waals surface area contributed by atoms with Crippen LogP contribution in [0.2, 0.25) is 0 Å². The van der Waals surface area contributed by atoms with Gasteiger partial charge in [0.25, 0.3) is 0 Å². The molecule has 0 radical (unpaired) electrons. The molecule has 0 aromatic heterocycles. The standard InChI is InChI=1S/C16H17BrN2O/c1-19(11-13-6-2-3-8-15(13)17)16(20)10-12-5-4-7-14(18)9-12/h2-9H,10-11,18H2,1H3. The third kappa shape index (κ3) is 3.84. The van der Waals surface area contributed by atoms with Crippen LogP contribution >= 0.6 is 15.9 Å². The molecule has 0 atom stereocenters. The number of anilines is 1. The van der Waals surface area contributed by atoms with Crippen LogP contribution in [-0.2, 0) is 17.8 Å². The second-order valence-electron chi connectivity index (χ2n) is 4.76. The molecule has 0 aliphatic carbocycles. The van der Waals surface area contributed by atoms with Gasteiger partial charge in [-0.15, -0.1) is 0 Å². The summed E-state index contributed by atoms with van der Waals surface area (Å²) in [5.41, 5.74) is 8.44. The van der Waals surface area contributed by atoms with Crippen molar-refractivity contribution in [2.75, 3.05) is 12.8 Å². The maximum atomic E-state index is 12.2. The summed E-state index contributed by atoms with van der Waals surface area (Å²) in [7, 11) is 1.81. The molecule has 3 nitrogen and oxygen atoms in total. The van der Waals surface area contributed by atoms with Gasteiger partial charge in [-0.3, -0.25) is 4.79 Å². The number of rotatable bonds is 4. The SMILES string of the molecule is CN(Cc1ccccc1Br)C(=O)Cc1cccc(N)c1. The lowest BCUT2D eigenvalue weighted by Crippen LogP contribution is -2.27. The van der Waals surface area contributed by atoms with Gasteiger partial charge in [0, 0.05) is 23.8 Å². The molecule has 2 rings (SSSR count). The smallest absolute Gasteiger partial charge is 0.227 e. The number of halogens is 1. The average Bonchev–Trinajstić information content (AvgIpc) is 2.41. The van der Waals surface area contributed by atoms with Crippen LogP contribution in [0.25, 0.3) is 0 Å². The van der Waals surface area contributed by atoms with Crippen molar-refractivity contribution in [2.24, 2.45) is 0 Å². The minimum Gasteiger partial charge on any atom is -0.399 e. The summed E-state index contributed by atoms with van der Waals surface area (Å²) in [6.07, 6.45) is 0.367. The third-order valence-corrected chi connectivity index (χ3v) is 3.87. The van der Waals surface area contributed by atoms with Crippen LogP contribution in [0.15, 0.2) is 53.0 Å². The van der Waals surface area contributed by atoms with Gasteiger partial charge >= 0.3 is 0 Å². The van der Waals surface area contributed by atoms with Crippen LogP contribution in [0.5, 0.6) is 0 Å². The highest BCUT2D eigenvalue weighted by molar-refractivity contribution is 9.10. The van der Waals surface area contributed by atoms with E-state index in [1.165, 1.54) is 0 Å². The normalized spacial score (nSPS) is 10.3. The van der Waals surface area contributed by atoms with E-state index < -0.39 is 0 Å². The number of likely N-dealkylation sites (N-methyl/N-ethyl adjacent to an activating group) is 1. The number of hydrogen-bond acceptors (Lipinski definition) is 2. The predicted octanol–water partition coefficient (Wildman–Crippen LogP) is 3.23. The molecular formula is C16H17BrN2O. The van der Waals surface area contributed by atoms with E-state index in [0.717, 1.165) is 15.6 Å². The zero-order chi connectivity index (χ0) is 14.5. The summed E-state index contributed by atoms with van der Waals surface area (Å²) in [6, 6.07) is 15.4. The molecule has 0 fully saturated rings. The lowest BCUT2D eigenvalue weighted by atomic mass is 10.1. The van der Waals surface area contributed by atoms with Gasteiger partial charge in [0.2, 0.25) is 5.91 Å². The first-order valence-electron chi connectivity index (χ1n) is 6.38. The number of carbonyl (C=O) groups is 1. The monoisotopic (exact) mass is 332 g/mol. The maximum Gasteiger partial charge on any atom is 0.227 e. The highest BCUT2D eigenvalue weighted by atomic mass is 79.9. The van der Waals surface area contributed by atoms with E-state index in [1.54, 1.807) is 4.90 Å². The first-order valence-corrected chi connectivity index (χ1v) is 7.17. The quantitative estimate of drug-likeness (QED) is 0.873. The first-order chi connectivity index (χ1) is 9.56. The Hall–Kier alpha value is -1.81. The van der Waals surface area contributed by atoms with Crippen molar-refractivity contribution in [3.63, 3.8) is 0 Å². The van der Waals surface area contributed by atoms with Gasteiger partial charge in [0.05, 0.1) is 6.42 Å². The molecule has 0 saturated heterocycles. The van der Waals surface area contributed by atoms with Crippen molar-refractivity contribution in [2.45, 2.75) is 13.0 Å². The van der Waals surface area contributed by atoms with E-state index in [2.05, 4.69) is 15.9 Å². The molecule has 4 heteroatoms. The molecule has 20 heavy (non-hydrogen) atoms. The van der Waals surface area contributed by atoms with Crippen LogP contribution in [0.4, 0.5) is 5.69 Å². The summed E-state index contributed by atoms with van der Waals surface area (Å²) in [6.45, 7) is 0.586. The van der Waals surface area contributed by atoms with Gasteiger partial charge < -0.3 is 10.6 Å². The van der Waals surface area contributed by atoms with Gasteiger partial charge in [-0.1, -0.05) is 46.3 Å². The summed E-state index contributed by atoms with van der Waals surface area (Å²) in [4.78, 5) is 13.9. The number of nitrogen functional groups attached to an aromatic ring is 1. The Morgan fingerprint density at radius 1 is 1.20 bits per heavy atom. The predicted molar refractivity (Wildman–Crippen MR) is 85.2 cm³/mol. The number of carbonyl (C=O) groups excluding carboxylic acids is 1. The molecule has 0 aliphatic rings. The molecular weight excluding hydrogens is 316 g/mol. The second kappa shape index (κ2) is 6.57. The van der Waals surface area contributed by atoms with Gasteiger partial charge in [0.15, 0.2) is 0 Å². The fourth-order valence-electron chi connectivity index (χ4n) is 1.98. The molecule has 0 unspecified atom stereocenters. The molecule has 2 aromatic carbocycles. The Balaban J connectivity index is 2.01. The van der Waals surface area contributed by atoms with Crippen molar-refractivity contribution >= 4 is 27.5 Å². The minimum atomic E-state index is 0.0753. The van der Waals surface area contributed by atoms with E-state index in [4.69, 9.17) is 5.73 Å². The highest BCUT2D eigenvalue weighted by Gasteiger charge is 2.11. The minimum absolute atomic E-state index is 0.0753. The van der Waals surface area contributed by atoms with Crippen molar-refractivity contribution in [1.82, 2.24) is 4.90 Å². The van der Waals surface area contributed by atoms with Crippen molar-refractivity contribution in [1.29, 1.82) is 0 Å². The van der Waals surface area contributed by atoms with Crippen LogP contribution in [0.1, 0.15) is 11.1 Å². The second-order valence-corrected chi connectivity index (χ2v) is 5.62. The van der Waals surface area contributed by atoms with E-state index in [9.17, 15) is 4.79 Å². The van der Waals surface area contributed by atoms with Crippen molar-refractivity contribution in [3.05, 3.63) is 64.1 Å². The van der Waals surface area contributed by atoms with Gasteiger partial charge in [-0.25, -0.2) is 0 Å². The van der Waals surface area contributed by atoms with E-state index in [1.807, 2.05) is 55.6 Å². The van der Waals surface area contributed by atoms with Crippen LogP contribution < -0.4 is 5.73 Å². The zero-order valence-electron chi connectivity index (χ0n) is 11.3. The largest absolute Gasteiger partial charge is 0.399 e. The Morgan fingerprint density at radius 3 is 2.65 bits per heavy atom. The molecule has 0 heterocycles. The van der Waals surface area contributed by atoms with Crippen molar-refractivity contribution < 1.29 is 4.79 Å². The Kier molecular flexibility index (Phi) is 4.79. The van der Waals surface area contributed by atoms with E-state index in [0.29, 0.717) is 18.7 Å². The van der Waals surface area contributed by atoms with E-state index >= 15 is 0 Å². The van der Waals surface area contributed by atoms with Crippen LogP contribution in [0, 0.1) is 0 Å². The first kappa shape index (κ1) is 14.6. The fourth-order valence-corrected chi connectivity index (χ4v) is 2.39. The lowest BCUT2D eigenvalue weighted by Gasteiger charge is -2.18. The number of benzene rings is 2. The lowest BCUT2D eigenvalue weighted by molar-refractivity contribution is -0.129. The summed E-state index contributed by atoms with van der Waals surface area (Å²) in [5, 5.41) is 0. The van der Waals surface area contributed by atoms with Crippen molar-refractivity contribution in [3.8, 4) is 0 Å². The van der Waals surface area contributed by atoms with Gasteiger partial charge in [-0.05, 0) is 29.3 Å². The molecule has 2 N–H and O–H groups in total. The third-order valence-electron chi connectivity index (χ3n) is 3.10. The van der Waals surface area contributed by atoms with Crippen LogP contribution in [-0.4, -0.2) is 17.9 Å². The summed E-state index contributed by atoms with van der Waals surface area (Å²) in [5.74, 6) is 0.0753. The zero-order valence-corrected chi connectivity index (χ0v) is 12.9. The molecule has 0 spiro atoms. The Labute approximate surface area is 127 Å². The average molecular weight is 333 g/mol. The fraction of sp³-hybridized carbons (Fsp3) is 0.188. The molecule has 0 aliphatic heterocycles. The maximum absolute atomic E-state index is 12.2. The number of nitrogens with two attached hydrogens (primary N) is 1. The summed E-state index contributed by atoms with van der Waals surface area (Å²) >= 11 is 3.50. The topological polar surface area (TPSA) is 46.3 Å². The Morgan fingerprint density at radius 2 is 1.95 bits per heavy atom. The number of nitrogens with zero attached hydrogens (tertiary/aromatic N) is 1. The molecule has 104 valence electrons. The van der Waals surface area contributed by atoms with Crippen LogP contribution in [0.3, 0.4) is 0 Å². The molecule has 0 bridgehead atoms. The van der Waals surface area contributed by atoms with Gasteiger partial charge in [0.1, 0.15) is 0 Å². The number of hydrogen-bond donors (Lipinski definition) is 1. The number of amides is 1. The molecule has 1 amide bonds. The highest BCUT2D eigenvalue weighted by Crippen LogP contribution is 2.18. The summed E-state index contributed by atoms with van der Waals surface area (Å²) < 4.78 is 1.02. The Bertz CT molecular complexity index is 613. The van der Waals surface area contributed by atoms with Gasteiger partial charge in [-0.2, -0.15) is 0 Å². The molecule has 2 aromatic rings.